The zero-order chi connectivity index (χ0) is 18.6. The quantitative estimate of drug-likeness (QED) is 0.360. The average Bonchev–Trinajstić information content (AvgIpc) is 3.25. The van der Waals surface area contributed by atoms with Crippen molar-refractivity contribution in [1.29, 1.82) is 0 Å². The van der Waals surface area contributed by atoms with Gasteiger partial charge in [-0.15, -0.1) is 35.3 Å². The Balaban J connectivity index is 0.00000261. The molecule has 0 saturated carbocycles. The number of halogens is 1. The maximum Gasteiger partial charge on any atom is 0.231 e. The summed E-state index contributed by atoms with van der Waals surface area (Å²) in [5.74, 6) is 2.43. The molecular weight excluding hydrogens is 475 g/mol. The van der Waals surface area contributed by atoms with E-state index in [1.165, 1.54) is 5.56 Å². The lowest BCUT2D eigenvalue weighted by Gasteiger charge is -2.27. The lowest BCUT2D eigenvalue weighted by Crippen LogP contribution is -2.44. The van der Waals surface area contributed by atoms with Gasteiger partial charge < -0.3 is 20.1 Å². The molecule has 2 N–H and O–H groups in total. The number of rotatable bonds is 6. The van der Waals surface area contributed by atoms with Crippen LogP contribution in [-0.2, 0) is 11.8 Å². The van der Waals surface area contributed by atoms with E-state index in [1.54, 1.807) is 18.4 Å². The normalized spacial score (nSPS) is 13.3. The molecule has 1 aromatic carbocycles. The van der Waals surface area contributed by atoms with Crippen molar-refractivity contribution in [2.45, 2.75) is 32.6 Å². The predicted octanol–water partition coefficient (Wildman–Crippen LogP) is 3.48. The van der Waals surface area contributed by atoms with Gasteiger partial charge in [-0.2, -0.15) is 0 Å². The first-order chi connectivity index (χ1) is 12.5. The molecule has 148 valence electrons. The molecule has 3 rings (SSSR count). The van der Waals surface area contributed by atoms with E-state index in [0.29, 0.717) is 6.79 Å². The molecular formula is C19H27IN4O2S. The number of nitrogens with one attached hydrogen (secondary N) is 2. The third-order valence-corrected chi connectivity index (χ3v) is 5.24. The minimum Gasteiger partial charge on any atom is -0.454 e. The van der Waals surface area contributed by atoms with Crippen molar-refractivity contribution in [2.75, 3.05) is 26.9 Å². The molecule has 8 heteroatoms. The van der Waals surface area contributed by atoms with Crippen molar-refractivity contribution in [3.63, 3.8) is 0 Å². The molecule has 0 radical (unpaired) electrons. The van der Waals surface area contributed by atoms with E-state index in [9.17, 15) is 0 Å². The Morgan fingerprint density at radius 3 is 2.74 bits per heavy atom. The summed E-state index contributed by atoms with van der Waals surface area (Å²) in [6.45, 7) is 8.27. The summed E-state index contributed by atoms with van der Waals surface area (Å²) >= 11 is 1.68. The first-order valence-corrected chi connectivity index (χ1v) is 9.61. The van der Waals surface area contributed by atoms with Crippen molar-refractivity contribution < 1.29 is 9.47 Å². The zero-order valence-electron chi connectivity index (χ0n) is 16.2. The Labute approximate surface area is 181 Å². The SMILES string of the molecule is CN=C(NCCc1csc(C)n1)NCC(C)(C)c1ccc2c(c1)OCO2.I. The van der Waals surface area contributed by atoms with Crippen molar-refractivity contribution >= 4 is 41.3 Å². The van der Waals surface area contributed by atoms with Gasteiger partial charge in [0, 0.05) is 37.4 Å². The van der Waals surface area contributed by atoms with Crippen molar-refractivity contribution in [3.05, 3.63) is 39.8 Å². The van der Waals surface area contributed by atoms with Crippen LogP contribution in [0.1, 0.15) is 30.1 Å². The topological polar surface area (TPSA) is 67.8 Å². The number of fused-ring (bicyclic) bond motifs is 1. The fraction of sp³-hybridized carbons (Fsp3) is 0.474. The standard InChI is InChI=1S/C19H26N4O2S.HI/c1-13-23-15(10-26-13)7-8-21-18(20-4)22-11-19(2,3)14-5-6-16-17(9-14)25-12-24-16;/h5-6,9-10H,7-8,11-12H2,1-4H3,(H2,20,21,22);1H. The van der Waals surface area contributed by atoms with Gasteiger partial charge in [0.1, 0.15) is 0 Å². The number of ether oxygens (including phenoxy) is 2. The highest BCUT2D eigenvalue weighted by molar-refractivity contribution is 14.0. The van der Waals surface area contributed by atoms with Crippen LogP contribution in [0.2, 0.25) is 0 Å². The number of thiazole rings is 1. The van der Waals surface area contributed by atoms with Crippen LogP contribution in [0.5, 0.6) is 11.5 Å². The summed E-state index contributed by atoms with van der Waals surface area (Å²) in [5.41, 5.74) is 2.24. The van der Waals surface area contributed by atoms with Crippen LogP contribution in [0, 0.1) is 6.92 Å². The summed E-state index contributed by atoms with van der Waals surface area (Å²) in [5, 5.41) is 9.98. The van der Waals surface area contributed by atoms with Crippen LogP contribution in [0.25, 0.3) is 0 Å². The van der Waals surface area contributed by atoms with Crippen molar-refractivity contribution in [3.8, 4) is 11.5 Å². The van der Waals surface area contributed by atoms with Gasteiger partial charge in [0.15, 0.2) is 17.5 Å². The van der Waals surface area contributed by atoms with Crippen LogP contribution in [-0.4, -0.2) is 37.9 Å². The number of hydrogen-bond donors (Lipinski definition) is 2. The van der Waals surface area contributed by atoms with Gasteiger partial charge in [0.2, 0.25) is 6.79 Å². The Kier molecular flexibility index (Phi) is 7.72. The van der Waals surface area contributed by atoms with Gasteiger partial charge >= 0.3 is 0 Å². The van der Waals surface area contributed by atoms with Crippen molar-refractivity contribution in [2.24, 2.45) is 4.99 Å². The van der Waals surface area contributed by atoms with E-state index in [1.807, 2.05) is 13.0 Å². The third-order valence-electron chi connectivity index (χ3n) is 4.42. The van der Waals surface area contributed by atoms with Crippen LogP contribution in [0.4, 0.5) is 0 Å². The summed E-state index contributed by atoms with van der Waals surface area (Å²) < 4.78 is 10.9. The predicted molar refractivity (Wildman–Crippen MR) is 121 cm³/mol. The third kappa shape index (κ3) is 5.71. The largest absolute Gasteiger partial charge is 0.454 e. The lowest BCUT2D eigenvalue weighted by atomic mass is 9.84. The monoisotopic (exact) mass is 502 g/mol. The molecule has 0 unspecified atom stereocenters. The lowest BCUT2D eigenvalue weighted by molar-refractivity contribution is 0.174. The molecule has 0 spiro atoms. The van der Waals surface area contributed by atoms with Gasteiger partial charge in [-0.1, -0.05) is 19.9 Å². The van der Waals surface area contributed by atoms with Crippen LogP contribution < -0.4 is 20.1 Å². The van der Waals surface area contributed by atoms with Crippen LogP contribution in [0.15, 0.2) is 28.6 Å². The van der Waals surface area contributed by atoms with E-state index in [0.717, 1.165) is 47.7 Å². The van der Waals surface area contributed by atoms with Gasteiger partial charge in [0.25, 0.3) is 0 Å². The van der Waals surface area contributed by atoms with E-state index >= 15 is 0 Å². The summed E-state index contributed by atoms with van der Waals surface area (Å²) in [6, 6.07) is 6.13. The number of aromatic nitrogens is 1. The maximum absolute atomic E-state index is 5.49. The number of guanidine groups is 1. The molecule has 2 aromatic rings. The Morgan fingerprint density at radius 2 is 2.04 bits per heavy atom. The van der Waals surface area contributed by atoms with Gasteiger partial charge in [-0.05, 0) is 24.6 Å². The van der Waals surface area contributed by atoms with E-state index in [2.05, 4.69) is 52.0 Å². The van der Waals surface area contributed by atoms with Gasteiger partial charge in [-0.25, -0.2) is 4.98 Å². The molecule has 6 nitrogen and oxygen atoms in total. The molecule has 0 fully saturated rings. The average molecular weight is 502 g/mol. The Hall–Kier alpha value is -1.55. The molecule has 1 aromatic heterocycles. The second-order valence-electron chi connectivity index (χ2n) is 6.91. The minimum atomic E-state index is -0.0787. The highest BCUT2D eigenvalue weighted by Crippen LogP contribution is 2.36. The highest BCUT2D eigenvalue weighted by Gasteiger charge is 2.24. The second-order valence-corrected chi connectivity index (χ2v) is 7.97. The van der Waals surface area contributed by atoms with Gasteiger partial charge in [-0.3, -0.25) is 4.99 Å². The first kappa shape index (κ1) is 21.7. The summed E-state index contributed by atoms with van der Waals surface area (Å²) in [4.78, 5) is 8.79. The van der Waals surface area contributed by atoms with E-state index < -0.39 is 0 Å². The van der Waals surface area contributed by atoms with E-state index in [4.69, 9.17) is 9.47 Å². The second kappa shape index (κ2) is 9.59. The summed E-state index contributed by atoms with van der Waals surface area (Å²) in [7, 11) is 1.79. The Bertz CT molecular complexity index is 792. The fourth-order valence-corrected chi connectivity index (χ4v) is 3.42. The van der Waals surface area contributed by atoms with Crippen LogP contribution >= 0.6 is 35.3 Å². The molecule has 0 aliphatic carbocycles. The molecule has 0 amide bonds. The molecule has 1 aliphatic rings. The minimum absolute atomic E-state index is 0. The molecule has 1 aliphatic heterocycles. The van der Waals surface area contributed by atoms with Gasteiger partial charge in [0.05, 0.1) is 10.7 Å². The number of aryl methyl sites for hydroxylation is 1. The molecule has 0 bridgehead atoms. The number of benzene rings is 1. The zero-order valence-corrected chi connectivity index (χ0v) is 19.3. The van der Waals surface area contributed by atoms with Crippen LogP contribution in [0.3, 0.4) is 0 Å². The number of nitrogens with zero attached hydrogens (tertiary/aromatic N) is 2. The molecule has 2 heterocycles. The highest BCUT2D eigenvalue weighted by atomic mass is 127. The smallest absolute Gasteiger partial charge is 0.231 e. The molecule has 0 atom stereocenters. The number of aliphatic imine (C=N–C) groups is 1. The first-order valence-electron chi connectivity index (χ1n) is 8.73. The number of hydrogen-bond acceptors (Lipinski definition) is 5. The fourth-order valence-electron chi connectivity index (χ4n) is 2.78. The Morgan fingerprint density at radius 1 is 1.26 bits per heavy atom. The summed E-state index contributed by atoms with van der Waals surface area (Å²) in [6.07, 6.45) is 0.886. The molecule has 27 heavy (non-hydrogen) atoms. The molecule has 0 saturated heterocycles. The van der Waals surface area contributed by atoms with Crippen molar-refractivity contribution in [1.82, 2.24) is 15.6 Å². The van der Waals surface area contributed by atoms with E-state index in [-0.39, 0.29) is 29.4 Å². The maximum atomic E-state index is 5.49.